The van der Waals surface area contributed by atoms with Crippen molar-refractivity contribution in [2.75, 3.05) is 5.32 Å². The number of aromatic amines is 1. The first-order valence-corrected chi connectivity index (χ1v) is 9.17. The first kappa shape index (κ1) is 19.1. The number of rotatable bonds is 5. The molecule has 7 heteroatoms. The van der Waals surface area contributed by atoms with Crippen LogP contribution >= 0.6 is 0 Å². The molecule has 0 saturated heterocycles. The van der Waals surface area contributed by atoms with E-state index in [-0.39, 0.29) is 11.5 Å². The summed E-state index contributed by atoms with van der Waals surface area (Å²) in [4.78, 5) is 25.5. The van der Waals surface area contributed by atoms with E-state index in [0.717, 1.165) is 10.9 Å². The van der Waals surface area contributed by atoms with Gasteiger partial charge < -0.3 is 10.6 Å². The highest BCUT2D eigenvalue weighted by atomic mass is 19.1. The molecule has 148 valence electrons. The van der Waals surface area contributed by atoms with Crippen LogP contribution in [-0.4, -0.2) is 22.0 Å². The molecule has 0 fully saturated rings. The smallest absolute Gasteiger partial charge is 0.272 e. The molecule has 4 aromatic rings. The summed E-state index contributed by atoms with van der Waals surface area (Å²) in [6, 6.07) is 19.5. The lowest BCUT2D eigenvalue weighted by Gasteiger charge is -2.11. The molecule has 6 nitrogen and oxygen atoms in total. The molecule has 4 rings (SSSR count). The quantitative estimate of drug-likeness (QED) is 0.441. The summed E-state index contributed by atoms with van der Waals surface area (Å²) in [5.41, 5.74) is 2.40. The van der Waals surface area contributed by atoms with Crippen LogP contribution in [0, 0.1) is 5.82 Å². The Bertz CT molecular complexity index is 1230. The van der Waals surface area contributed by atoms with Crippen molar-refractivity contribution in [2.24, 2.45) is 0 Å². The Labute approximate surface area is 171 Å². The molecule has 0 aliphatic rings. The lowest BCUT2D eigenvalue weighted by molar-refractivity contribution is -0.113. The van der Waals surface area contributed by atoms with E-state index in [1.54, 1.807) is 54.7 Å². The molecular formula is C23H17FN4O2. The lowest BCUT2D eigenvalue weighted by atomic mass is 10.1. The second-order valence-corrected chi connectivity index (χ2v) is 6.56. The first-order valence-electron chi connectivity index (χ1n) is 9.17. The largest absolute Gasteiger partial charge is 0.321 e. The molecule has 0 spiro atoms. The van der Waals surface area contributed by atoms with E-state index < -0.39 is 11.8 Å². The minimum absolute atomic E-state index is 0.0303. The fourth-order valence-electron chi connectivity index (χ4n) is 2.89. The summed E-state index contributed by atoms with van der Waals surface area (Å²) < 4.78 is 13.2. The highest BCUT2D eigenvalue weighted by Crippen LogP contribution is 2.18. The molecule has 1 heterocycles. The van der Waals surface area contributed by atoms with Crippen molar-refractivity contribution < 1.29 is 14.0 Å². The second-order valence-electron chi connectivity index (χ2n) is 6.56. The van der Waals surface area contributed by atoms with Crippen LogP contribution in [0.4, 0.5) is 10.1 Å². The van der Waals surface area contributed by atoms with E-state index in [4.69, 9.17) is 0 Å². The van der Waals surface area contributed by atoms with E-state index in [9.17, 15) is 14.0 Å². The van der Waals surface area contributed by atoms with Crippen LogP contribution in [0.5, 0.6) is 0 Å². The minimum Gasteiger partial charge on any atom is -0.321 e. The van der Waals surface area contributed by atoms with Gasteiger partial charge in [-0.3, -0.25) is 14.7 Å². The van der Waals surface area contributed by atoms with Gasteiger partial charge in [-0.25, -0.2) is 4.39 Å². The van der Waals surface area contributed by atoms with Gasteiger partial charge in [-0.2, -0.15) is 5.10 Å². The van der Waals surface area contributed by atoms with Crippen molar-refractivity contribution in [1.29, 1.82) is 0 Å². The monoisotopic (exact) mass is 400 g/mol. The third-order valence-electron chi connectivity index (χ3n) is 4.41. The van der Waals surface area contributed by atoms with E-state index in [1.165, 1.54) is 30.3 Å². The summed E-state index contributed by atoms with van der Waals surface area (Å²) in [5, 5.41) is 13.1. The van der Waals surface area contributed by atoms with Crippen LogP contribution in [0.1, 0.15) is 15.9 Å². The number of carbonyl (C=O) groups is 2. The average Bonchev–Trinajstić information content (AvgIpc) is 3.23. The van der Waals surface area contributed by atoms with Crippen molar-refractivity contribution in [3.05, 3.63) is 102 Å². The number of carbonyl (C=O) groups excluding carboxylic acids is 2. The van der Waals surface area contributed by atoms with Gasteiger partial charge in [-0.05, 0) is 54.1 Å². The van der Waals surface area contributed by atoms with Gasteiger partial charge in [-0.1, -0.05) is 30.3 Å². The van der Waals surface area contributed by atoms with E-state index in [0.29, 0.717) is 16.8 Å². The summed E-state index contributed by atoms with van der Waals surface area (Å²) in [6.45, 7) is 0. The number of benzene rings is 3. The zero-order chi connectivity index (χ0) is 20.9. The number of H-pyrrole nitrogens is 1. The van der Waals surface area contributed by atoms with Gasteiger partial charge in [0.1, 0.15) is 11.5 Å². The number of anilines is 1. The van der Waals surface area contributed by atoms with Gasteiger partial charge in [0.15, 0.2) is 0 Å². The third kappa shape index (κ3) is 4.41. The number of hydrogen-bond donors (Lipinski definition) is 3. The Morgan fingerprint density at radius 2 is 1.73 bits per heavy atom. The maximum absolute atomic E-state index is 13.2. The SMILES string of the molecule is O=C(Nc1ccc2[nH]ncc2c1)/C(=C\c1ccc(F)cc1)NC(=O)c1ccccc1. The van der Waals surface area contributed by atoms with E-state index in [1.807, 2.05) is 0 Å². The molecule has 1 aromatic heterocycles. The highest BCUT2D eigenvalue weighted by molar-refractivity contribution is 6.11. The van der Waals surface area contributed by atoms with Crippen LogP contribution in [-0.2, 0) is 4.79 Å². The molecule has 0 unspecified atom stereocenters. The Morgan fingerprint density at radius 1 is 0.967 bits per heavy atom. The molecule has 30 heavy (non-hydrogen) atoms. The summed E-state index contributed by atoms with van der Waals surface area (Å²) >= 11 is 0. The number of nitrogens with zero attached hydrogens (tertiary/aromatic N) is 1. The maximum Gasteiger partial charge on any atom is 0.272 e. The molecule has 3 N–H and O–H groups in total. The van der Waals surface area contributed by atoms with Crippen LogP contribution in [0.25, 0.3) is 17.0 Å². The van der Waals surface area contributed by atoms with Crippen LogP contribution < -0.4 is 10.6 Å². The number of aromatic nitrogens is 2. The summed E-state index contributed by atoms with van der Waals surface area (Å²) in [5.74, 6) is -1.32. The Balaban J connectivity index is 1.61. The van der Waals surface area contributed by atoms with Crippen molar-refractivity contribution in [2.45, 2.75) is 0 Å². The average molecular weight is 400 g/mol. The Hall–Kier alpha value is -4.26. The molecule has 0 radical (unpaired) electrons. The molecular weight excluding hydrogens is 383 g/mol. The highest BCUT2D eigenvalue weighted by Gasteiger charge is 2.15. The zero-order valence-corrected chi connectivity index (χ0v) is 15.7. The maximum atomic E-state index is 13.2. The molecule has 0 aliphatic carbocycles. The van der Waals surface area contributed by atoms with Crippen molar-refractivity contribution in [3.63, 3.8) is 0 Å². The standard InChI is InChI=1S/C23H17FN4O2/c24-18-8-6-15(7-9-18)12-21(27-22(29)16-4-2-1-3-5-16)23(30)26-19-10-11-20-17(13-19)14-25-28-20/h1-14H,(H,25,28)(H,26,30)(H,27,29)/b21-12+. The number of nitrogens with one attached hydrogen (secondary N) is 3. The molecule has 2 amide bonds. The van der Waals surface area contributed by atoms with Crippen molar-refractivity contribution in [1.82, 2.24) is 15.5 Å². The lowest BCUT2D eigenvalue weighted by Crippen LogP contribution is -2.30. The van der Waals surface area contributed by atoms with Crippen LogP contribution in [0.2, 0.25) is 0 Å². The van der Waals surface area contributed by atoms with Crippen molar-refractivity contribution >= 4 is 34.5 Å². The molecule has 0 atom stereocenters. The van der Waals surface area contributed by atoms with E-state index >= 15 is 0 Å². The molecule has 0 bridgehead atoms. The Kier molecular flexibility index (Phi) is 5.34. The normalized spacial score (nSPS) is 11.3. The predicted octanol–water partition coefficient (Wildman–Crippen LogP) is 4.11. The van der Waals surface area contributed by atoms with Crippen LogP contribution in [0.3, 0.4) is 0 Å². The van der Waals surface area contributed by atoms with Crippen molar-refractivity contribution in [3.8, 4) is 0 Å². The molecule has 0 saturated carbocycles. The van der Waals surface area contributed by atoms with Gasteiger partial charge in [-0.15, -0.1) is 0 Å². The van der Waals surface area contributed by atoms with Gasteiger partial charge in [0.05, 0.1) is 11.7 Å². The number of hydrogen-bond acceptors (Lipinski definition) is 3. The predicted molar refractivity (Wildman–Crippen MR) is 113 cm³/mol. The Morgan fingerprint density at radius 3 is 2.50 bits per heavy atom. The first-order chi connectivity index (χ1) is 14.6. The fraction of sp³-hybridized carbons (Fsp3) is 0. The third-order valence-corrected chi connectivity index (χ3v) is 4.41. The number of amides is 2. The van der Waals surface area contributed by atoms with Gasteiger partial charge >= 0.3 is 0 Å². The van der Waals surface area contributed by atoms with Gasteiger partial charge in [0.2, 0.25) is 0 Å². The number of fused-ring (bicyclic) bond motifs is 1. The van der Waals surface area contributed by atoms with Gasteiger partial charge in [0, 0.05) is 16.6 Å². The van der Waals surface area contributed by atoms with Gasteiger partial charge in [0.25, 0.3) is 11.8 Å². The molecule has 3 aromatic carbocycles. The zero-order valence-electron chi connectivity index (χ0n) is 15.7. The topological polar surface area (TPSA) is 86.9 Å². The second kappa shape index (κ2) is 8.40. The summed E-state index contributed by atoms with van der Waals surface area (Å²) in [7, 11) is 0. The summed E-state index contributed by atoms with van der Waals surface area (Å²) in [6.07, 6.45) is 3.14. The minimum atomic E-state index is -0.508. The number of halogens is 1. The fourth-order valence-corrected chi connectivity index (χ4v) is 2.89. The van der Waals surface area contributed by atoms with E-state index in [2.05, 4.69) is 20.8 Å². The molecule has 0 aliphatic heterocycles. The van der Waals surface area contributed by atoms with Crippen LogP contribution in [0.15, 0.2) is 84.7 Å².